The number of alkyl halides is 1. The summed E-state index contributed by atoms with van der Waals surface area (Å²) in [6.45, 7) is 2.16. The lowest BCUT2D eigenvalue weighted by molar-refractivity contribution is 0.738. The van der Waals surface area contributed by atoms with E-state index < -0.39 is 0 Å². The van der Waals surface area contributed by atoms with Gasteiger partial charge in [0, 0.05) is 22.4 Å². The van der Waals surface area contributed by atoms with Crippen molar-refractivity contribution < 1.29 is 0 Å². The zero-order valence-electron chi connectivity index (χ0n) is 11.4. The van der Waals surface area contributed by atoms with Gasteiger partial charge in [-0.25, -0.2) is 0 Å². The topological polar surface area (TPSA) is 3.24 Å². The zero-order valence-corrected chi connectivity index (χ0v) is 14.5. The summed E-state index contributed by atoms with van der Waals surface area (Å²) in [4.78, 5) is 2.22. The van der Waals surface area contributed by atoms with Crippen molar-refractivity contribution in [2.75, 3.05) is 11.9 Å². The highest BCUT2D eigenvalue weighted by Crippen LogP contribution is 2.33. The van der Waals surface area contributed by atoms with Crippen LogP contribution in [0.25, 0.3) is 0 Å². The van der Waals surface area contributed by atoms with E-state index in [0.29, 0.717) is 5.88 Å². The monoisotopic (exact) mass is 371 g/mol. The molecule has 0 saturated carbocycles. The third kappa shape index (κ3) is 3.49. The van der Waals surface area contributed by atoms with Crippen LogP contribution in [0.5, 0.6) is 0 Å². The molecule has 0 amide bonds. The molecular formula is C16H16BrCl2N. The largest absolute Gasteiger partial charge is 0.367 e. The normalized spacial score (nSPS) is 12.2. The fourth-order valence-electron chi connectivity index (χ4n) is 2.12. The first-order valence-corrected chi connectivity index (χ1v) is 8.06. The zero-order chi connectivity index (χ0) is 14.7. The number of benzene rings is 2. The van der Waals surface area contributed by atoms with Crippen LogP contribution < -0.4 is 4.90 Å². The molecule has 0 aliphatic rings. The SMILES string of the molecule is CC(c1cccc(Cl)c1)N(C)c1ccc(CCl)cc1Br. The lowest BCUT2D eigenvalue weighted by Crippen LogP contribution is -2.22. The molecule has 1 atom stereocenters. The molecule has 0 heterocycles. The molecule has 106 valence electrons. The Hall–Kier alpha value is -0.700. The van der Waals surface area contributed by atoms with Gasteiger partial charge < -0.3 is 4.90 Å². The first-order chi connectivity index (χ1) is 9.52. The average molecular weight is 373 g/mol. The quantitative estimate of drug-likeness (QED) is 0.591. The van der Waals surface area contributed by atoms with Crippen LogP contribution in [0.15, 0.2) is 46.9 Å². The highest BCUT2D eigenvalue weighted by atomic mass is 79.9. The van der Waals surface area contributed by atoms with Crippen molar-refractivity contribution in [3.8, 4) is 0 Å². The molecule has 0 bridgehead atoms. The van der Waals surface area contributed by atoms with Crippen LogP contribution in [0, 0.1) is 0 Å². The number of anilines is 1. The molecule has 20 heavy (non-hydrogen) atoms. The summed E-state index contributed by atoms with van der Waals surface area (Å²) in [7, 11) is 2.08. The van der Waals surface area contributed by atoms with Gasteiger partial charge in [-0.05, 0) is 58.2 Å². The minimum atomic E-state index is 0.229. The molecule has 0 radical (unpaired) electrons. The Labute approximate surface area is 138 Å². The minimum absolute atomic E-state index is 0.229. The predicted molar refractivity (Wildman–Crippen MR) is 92.0 cm³/mol. The van der Waals surface area contributed by atoms with Gasteiger partial charge in [0.1, 0.15) is 0 Å². The maximum Gasteiger partial charge on any atom is 0.0513 e. The lowest BCUT2D eigenvalue weighted by atomic mass is 10.1. The molecule has 2 aromatic carbocycles. The highest BCUT2D eigenvalue weighted by molar-refractivity contribution is 9.10. The van der Waals surface area contributed by atoms with Gasteiger partial charge in [0.15, 0.2) is 0 Å². The molecule has 2 aromatic rings. The maximum atomic E-state index is 6.07. The van der Waals surface area contributed by atoms with Crippen molar-refractivity contribution >= 4 is 44.8 Å². The summed E-state index contributed by atoms with van der Waals surface area (Å²) in [5.41, 5.74) is 3.42. The fraction of sp³-hybridized carbons (Fsp3) is 0.250. The molecule has 2 rings (SSSR count). The lowest BCUT2D eigenvalue weighted by Gasteiger charge is -2.28. The van der Waals surface area contributed by atoms with Crippen LogP contribution in [-0.2, 0) is 5.88 Å². The summed E-state index contributed by atoms with van der Waals surface area (Å²) in [6, 6.07) is 14.4. The van der Waals surface area contributed by atoms with Crippen molar-refractivity contribution in [3.05, 3.63) is 63.1 Å². The van der Waals surface area contributed by atoms with Crippen LogP contribution in [-0.4, -0.2) is 7.05 Å². The Morgan fingerprint density at radius 3 is 2.55 bits per heavy atom. The molecule has 0 spiro atoms. The molecule has 1 nitrogen and oxygen atoms in total. The first kappa shape index (κ1) is 15.7. The maximum absolute atomic E-state index is 6.07. The van der Waals surface area contributed by atoms with E-state index in [4.69, 9.17) is 23.2 Å². The van der Waals surface area contributed by atoms with Crippen molar-refractivity contribution in [2.24, 2.45) is 0 Å². The van der Waals surface area contributed by atoms with Crippen LogP contribution in [0.4, 0.5) is 5.69 Å². The van der Waals surface area contributed by atoms with Crippen LogP contribution in [0.2, 0.25) is 5.02 Å². The van der Waals surface area contributed by atoms with Crippen LogP contribution in [0.1, 0.15) is 24.1 Å². The van der Waals surface area contributed by atoms with E-state index in [0.717, 1.165) is 20.7 Å². The van der Waals surface area contributed by atoms with Gasteiger partial charge in [0.2, 0.25) is 0 Å². The molecule has 0 saturated heterocycles. The van der Waals surface area contributed by atoms with E-state index >= 15 is 0 Å². The van der Waals surface area contributed by atoms with Crippen molar-refractivity contribution in [2.45, 2.75) is 18.8 Å². The van der Waals surface area contributed by atoms with E-state index in [1.165, 1.54) is 5.56 Å². The molecule has 0 aliphatic carbocycles. The summed E-state index contributed by atoms with van der Waals surface area (Å²) in [5, 5.41) is 0.763. The second-order valence-electron chi connectivity index (χ2n) is 4.76. The molecule has 1 unspecified atom stereocenters. The summed E-state index contributed by atoms with van der Waals surface area (Å²) < 4.78 is 1.05. The van der Waals surface area contributed by atoms with Crippen molar-refractivity contribution in [1.82, 2.24) is 0 Å². The number of halogens is 3. The molecule has 0 fully saturated rings. The number of hydrogen-bond donors (Lipinski definition) is 0. The predicted octanol–water partition coefficient (Wildman–Crippen LogP) is 6.04. The Kier molecular flexibility index (Phi) is 5.36. The van der Waals surface area contributed by atoms with Gasteiger partial charge >= 0.3 is 0 Å². The first-order valence-electron chi connectivity index (χ1n) is 6.35. The van der Waals surface area contributed by atoms with E-state index in [2.05, 4.69) is 53.0 Å². The van der Waals surface area contributed by atoms with Crippen molar-refractivity contribution in [1.29, 1.82) is 0 Å². The highest BCUT2D eigenvalue weighted by Gasteiger charge is 2.15. The molecule has 4 heteroatoms. The Morgan fingerprint density at radius 2 is 1.95 bits per heavy atom. The Bertz CT molecular complexity index is 601. The second-order valence-corrected chi connectivity index (χ2v) is 6.32. The third-order valence-corrected chi connectivity index (χ3v) is 4.64. The summed E-state index contributed by atoms with van der Waals surface area (Å²) in [5.74, 6) is 0.520. The van der Waals surface area contributed by atoms with Gasteiger partial charge in [0.05, 0.1) is 11.7 Å². The summed E-state index contributed by atoms with van der Waals surface area (Å²) >= 11 is 15.5. The standard InChI is InChI=1S/C16H16BrCl2N/c1-11(13-4-3-5-14(19)9-13)20(2)16-7-6-12(10-18)8-15(16)17/h3-9,11H,10H2,1-2H3. The van der Waals surface area contributed by atoms with Gasteiger partial charge in [-0.3, -0.25) is 0 Å². The van der Waals surface area contributed by atoms with E-state index in [9.17, 15) is 0 Å². The van der Waals surface area contributed by atoms with Crippen molar-refractivity contribution in [3.63, 3.8) is 0 Å². The fourth-order valence-corrected chi connectivity index (χ4v) is 3.19. The minimum Gasteiger partial charge on any atom is -0.367 e. The van der Waals surface area contributed by atoms with Crippen LogP contribution in [0.3, 0.4) is 0 Å². The number of hydrogen-bond acceptors (Lipinski definition) is 1. The molecule has 0 aliphatic heterocycles. The van der Waals surface area contributed by atoms with E-state index in [1.807, 2.05) is 24.3 Å². The molecular weight excluding hydrogens is 357 g/mol. The van der Waals surface area contributed by atoms with E-state index in [1.54, 1.807) is 0 Å². The number of rotatable bonds is 4. The third-order valence-electron chi connectivity index (χ3n) is 3.46. The van der Waals surface area contributed by atoms with Gasteiger partial charge in [-0.15, -0.1) is 11.6 Å². The number of nitrogens with zero attached hydrogens (tertiary/aromatic N) is 1. The van der Waals surface area contributed by atoms with Gasteiger partial charge in [0.25, 0.3) is 0 Å². The molecule has 0 N–H and O–H groups in total. The average Bonchev–Trinajstić information content (AvgIpc) is 2.45. The second kappa shape index (κ2) is 6.84. The van der Waals surface area contributed by atoms with Gasteiger partial charge in [-0.1, -0.05) is 29.8 Å². The Morgan fingerprint density at radius 1 is 1.20 bits per heavy atom. The molecule has 0 aromatic heterocycles. The van der Waals surface area contributed by atoms with Gasteiger partial charge in [-0.2, -0.15) is 0 Å². The Balaban J connectivity index is 2.28. The summed E-state index contributed by atoms with van der Waals surface area (Å²) in [6.07, 6.45) is 0. The van der Waals surface area contributed by atoms with Crippen LogP contribution >= 0.6 is 39.1 Å². The smallest absolute Gasteiger partial charge is 0.0513 e. The van der Waals surface area contributed by atoms with E-state index in [-0.39, 0.29) is 6.04 Å².